The molecule has 0 fully saturated rings. The van der Waals surface area contributed by atoms with Crippen LogP contribution in [0.2, 0.25) is 0 Å². The highest BCUT2D eigenvalue weighted by atomic mass is 19.4. The standard InChI is InChI=1S/C14H19F3N2O/c1-10(19-13(20)7-2-3-8-18)11-5-4-6-12(9-11)14(15,16)17/h4-6,9-10H,2-3,7-8,18H2,1H3,(H,19,20). The number of carbonyl (C=O) groups is 1. The van der Waals surface area contributed by atoms with Gasteiger partial charge in [-0.2, -0.15) is 13.2 Å². The SMILES string of the molecule is CC(NC(=O)CCCCN)c1cccc(C(F)(F)F)c1. The lowest BCUT2D eigenvalue weighted by Gasteiger charge is -2.16. The van der Waals surface area contributed by atoms with Gasteiger partial charge in [-0.1, -0.05) is 12.1 Å². The number of rotatable bonds is 6. The van der Waals surface area contributed by atoms with Crippen molar-refractivity contribution in [1.29, 1.82) is 0 Å². The quantitative estimate of drug-likeness (QED) is 0.791. The smallest absolute Gasteiger partial charge is 0.350 e. The molecule has 0 aliphatic rings. The van der Waals surface area contributed by atoms with Gasteiger partial charge < -0.3 is 11.1 Å². The molecule has 0 aromatic heterocycles. The zero-order chi connectivity index (χ0) is 15.2. The van der Waals surface area contributed by atoms with Crippen molar-refractivity contribution in [3.05, 3.63) is 35.4 Å². The zero-order valence-corrected chi connectivity index (χ0v) is 11.3. The number of benzene rings is 1. The first-order valence-corrected chi connectivity index (χ1v) is 6.51. The Balaban J connectivity index is 2.63. The van der Waals surface area contributed by atoms with E-state index in [0.29, 0.717) is 24.9 Å². The van der Waals surface area contributed by atoms with E-state index in [0.717, 1.165) is 18.6 Å². The summed E-state index contributed by atoms with van der Waals surface area (Å²) in [7, 11) is 0. The summed E-state index contributed by atoms with van der Waals surface area (Å²) in [6.07, 6.45) is -2.61. The molecule has 112 valence electrons. The Morgan fingerprint density at radius 3 is 2.65 bits per heavy atom. The fourth-order valence-electron chi connectivity index (χ4n) is 1.81. The molecule has 1 aromatic carbocycles. The fraction of sp³-hybridized carbons (Fsp3) is 0.500. The highest BCUT2D eigenvalue weighted by molar-refractivity contribution is 5.76. The molecule has 1 atom stereocenters. The third-order valence-electron chi connectivity index (χ3n) is 2.95. The molecular formula is C14H19F3N2O. The molecule has 1 aromatic rings. The lowest BCUT2D eigenvalue weighted by molar-refractivity contribution is -0.137. The van der Waals surface area contributed by atoms with Gasteiger partial charge >= 0.3 is 6.18 Å². The second-order valence-corrected chi connectivity index (χ2v) is 4.66. The van der Waals surface area contributed by atoms with E-state index in [9.17, 15) is 18.0 Å². The lowest BCUT2D eigenvalue weighted by Crippen LogP contribution is -2.26. The average molecular weight is 288 g/mol. The molecule has 0 spiro atoms. The van der Waals surface area contributed by atoms with Crippen LogP contribution < -0.4 is 11.1 Å². The van der Waals surface area contributed by atoms with Crippen LogP contribution in [-0.2, 0) is 11.0 Å². The van der Waals surface area contributed by atoms with Crippen molar-refractivity contribution in [3.63, 3.8) is 0 Å². The highest BCUT2D eigenvalue weighted by Crippen LogP contribution is 2.30. The van der Waals surface area contributed by atoms with Gasteiger partial charge in [0.2, 0.25) is 5.91 Å². The Morgan fingerprint density at radius 1 is 1.35 bits per heavy atom. The molecular weight excluding hydrogens is 269 g/mol. The van der Waals surface area contributed by atoms with E-state index >= 15 is 0 Å². The molecule has 0 saturated carbocycles. The summed E-state index contributed by atoms with van der Waals surface area (Å²) >= 11 is 0. The number of unbranched alkanes of at least 4 members (excludes halogenated alkanes) is 1. The number of carbonyl (C=O) groups excluding carboxylic acids is 1. The summed E-state index contributed by atoms with van der Waals surface area (Å²) in [5.41, 5.74) is 5.05. The summed E-state index contributed by atoms with van der Waals surface area (Å²) in [5.74, 6) is -0.177. The lowest BCUT2D eigenvalue weighted by atomic mass is 10.0. The van der Waals surface area contributed by atoms with E-state index in [4.69, 9.17) is 5.73 Å². The van der Waals surface area contributed by atoms with Gasteiger partial charge in [-0.05, 0) is 44.0 Å². The number of hydrogen-bond donors (Lipinski definition) is 2. The first kappa shape index (κ1) is 16.5. The van der Waals surface area contributed by atoms with Crippen LogP contribution in [0.4, 0.5) is 13.2 Å². The molecule has 1 unspecified atom stereocenters. The third-order valence-corrected chi connectivity index (χ3v) is 2.95. The van der Waals surface area contributed by atoms with Crippen LogP contribution in [-0.4, -0.2) is 12.5 Å². The molecule has 1 rings (SSSR count). The van der Waals surface area contributed by atoms with Crippen molar-refractivity contribution in [3.8, 4) is 0 Å². The maximum atomic E-state index is 12.6. The summed E-state index contributed by atoms with van der Waals surface area (Å²) in [4.78, 5) is 11.6. The van der Waals surface area contributed by atoms with E-state index in [1.807, 2.05) is 0 Å². The topological polar surface area (TPSA) is 55.1 Å². The van der Waals surface area contributed by atoms with Crippen molar-refractivity contribution in [2.24, 2.45) is 5.73 Å². The number of amides is 1. The van der Waals surface area contributed by atoms with E-state index in [1.54, 1.807) is 13.0 Å². The van der Waals surface area contributed by atoms with E-state index < -0.39 is 17.8 Å². The van der Waals surface area contributed by atoms with Crippen molar-refractivity contribution in [2.45, 2.75) is 38.4 Å². The van der Waals surface area contributed by atoms with Gasteiger partial charge in [-0.15, -0.1) is 0 Å². The summed E-state index contributed by atoms with van der Waals surface area (Å²) in [5, 5.41) is 2.69. The molecule has 1 amide bonds. The molecule has 3 N–H and O–H groups in total. The molecule has 3 nitrogen and oxygen atoms in total. The minimum absolute atomic E-state index is 0.177. The molecule has 0 radical (unpaired) electrons. The van der Waals surface area contributed by atoms with Gasteiger partial charge in [-0.3, -0.25) is 4.79 Å². The van der Waals surface area contributed by atoms with E-state index in [1.165, 1.54) is 6.07 Å². The summed E-state index contributed by atoms with van der Waals surface area (Å²) < 4.78 is 37.8. The minimum atomic E-state index is -4.37. The maximum absolute atomic E-state index is 12.6. The van der Waals surface area contributed by atoms with Gasteiger partial charge in [-0.25, -0.2) is 0 Å². The first-order chi connectivity index (χ1) is 9.34. The predicted molar refractivity (Wildman–Crippen MR) is 70.9 cm³/mol. The molecule has 20 heavy (non-hydrogen) atoms. The Morgan fingerprint density at radius 2 is 2.05 bits per heavy atom. The Kier molecular flexibility index (Phi) is 6.01. The van der Waals surface area contributed by atoms with E-state index in [-0.39, 0.29) is 5.91 Å². The molecule has 0 saturated heterocycles. The highest BCUT2D eigenvalue weighted by Gasteiger charge is 2.30. The maximum Gasteiger partial charge on any atom is 0.416 e. The largest absolute Gasteiger partial charge is 0.416 e. The normalized spacial score (nSPS) is 13.1. The van der Waals surface area contributed by atoms with Gasteiger partial charge in [0.05, 0.1) is 11.6 Å². The number of nitrogens with one attached hydrogen (secondary N) is 1. The Hall–Kier alpha value is -1.56. The van der Waals surface area contributed by atoms with E-state index in [2.05, 4.69) is 5.32 Å². The van der Waals surface area contributed by atoms with Crippen molar-refractivity contribution in [1.82, 2.24) is 5.32 Å². The third kappa shape index (κ3) is 5.21. The van der Waals surface area contributed by atoms with Crippen LogP contribution >= 0.6 is 0 Å². The van der Waals surface area contributed by atoms with Gasteiger partial charge in [0.15, 0.2) is 0 Å². The van der Waals surface area contributed by atoms with Crippen molar-refractivity contribution in [2.75, 3.05) is 6.54 Å². The molecule has 6 heteroatoms. The molecule has 0 aliphatic carbocycles. The Bertz CT molecular complexity index is 446. The number of nitrogens with two attached hydrogens (primary N) is 1. The van der Waals surface area contributed by atoms with Crippen LogP contribution in [0.25, 0.3) is 0 Å². The Labute approximate surface area is 116 Å². The van der Waals surface area contributed by atoms with Crippen LogP contribution in [0.1, 0.15) is 43.4 Å². The fourth-order valence-corrected chi connectivity index (χ4v) is 1.81. The molecule has 0 heterocycles. The average Bonchev–Trinajstić information content (AvgIpc) is 2.38. The van der Waals surface area contributed by atoms with Crippen LogP contribution in [0.5, 0.6) is 0 Å². The van der Waals surface area contributed by atoms with Crippen molar-refractivity contribution >= 4 is 5.91 Å². The molecule has 0 aliphatic heterocycles. The monoisotopic (exact) mass is 288 g/mol. The van der Waals surface area contributed by atoms with Gasteiger partial charge in [0, 0.05) is 6.42 Å². The minimum Gasteiger partial charge on any atom is -0.350 e. The number of hydrogen-bond acceptors (Lipinski definition) is 2. The second kappa shape index (κ2) is 7.28. The molecule has 0 bridgehead atoms. The first-order valence-electron chi connectivity index (χ1n) is 6.51. The van der Waals surface area contributed by atoms with Crippen LogP contribution in [0, 0.1) is 0 Å². The second-order valence-electron chi connectivity index (χ2n) is 4.66. The summed E-state index contributed by atoms with van der Waals surface area (Å²) in [6, 6.07) is 4.53. The number of halogens is 3. The number of alkyl halides is 3. The van der Waals surface area contributed by atoms with Crippen molar-refractivity contribution < 1.29 is 18.0 Å². The van der Waals surface area contributed by atoms with Crippen LogP contribution in [0.15, 0.2) is 24.3 Å². The van der Waals surface area contributed by atoms with Gasteiger partial charge in [0.25, 0.3) is 0 Å². The zero-order valence-electron chi connectivity index (χ0n) is 11.3. The predicted octanol–water partition coefficient (Wildman–Crippen LogP) is 3.01. The van der Waals surface area contributed by atoms with Gasteiger partial charge in [0.1, 0.15) is 0 Å². The van der Waals surface area contributed by atoms with Crippen LogP contribution in [0.3, 0.4) is 0 Å². The summed E-state index contributed by atoms with van der Waals surface area (Å²) in [6.45, 7) is 2.19.